The zero-order valence-corrected chi connectivity index (χ0v) is 17.7. The van der Waals surface area contributed by atoms with Crippen molar-refractivity contribution in [3.05, 3.63) is 35.4 Å². The van der Waals surface area contributed by atoms with E-state index in [-0.39, 0.29) is 12.1 Å². The second kappa shape index (κ2) is 10.3. The summed E-state index contributed by atoms with van der Waals surface area (Å²) in [5.41, 5.74) is 0.0738. The quantitative estimate of drug-likeness (QED) is 0.575. The summed E-state index contributed by atoms with van der Waals surface area (Å²) in [5.74, 6) is -0.248. The highest BCUT2D eigenvalue weighted by Gasteiger charge is 2.30. The Labute approximate surface area is 172 Å². The van der Waals surface area contributed by atoms with Crippen LogP contribution in [0.15, 0.2) is 23.2 Å². The topological polar surface area (TPSA) is 43.3 Å². The maximum atomic E-state index is 14.3. The van der Waals surface area contributed by atoms with Gasteiger partial charge in [0.25, 0.3) is 0 Å². The van der Waals surface area contributed by atoms with Crippen LogP contribution < -0.4 is 5.32 Å². The van der Waals surface area contributed by atoms with Gasteiger partial charge in [-0.3, -0.25) is 9.89 Å². The Balaban J connectivity index is 1.72. The van der Waals surface area contributed by atoms with Crippen molar-refractivity contribution in [2.75, 3.05) is 66.6 Å². The van der Waals surface area contributed by atoms with E-state index in [0.717, 1.165) is 58.3 Å². The number of nitrogens with zero attached hydrogens (tertiary/aromatic N) is 4. The van der Waals surface area contributed by atoms with Crippen LogP contribution in [0, 0.1) is 11.6 Å². The highest BCUT2D eigenvalue weighted by molar-refractivity contribution is 5.80. The van der Waals surface area contributed by atoms with E-state index >= 15 is 0 Å². The van der Waals surface area contributed by atoms with E-state index in [9.17, 15) is 8.78 Å². The summed E-state index contributed by atoms with van der Waals surface area (Å²) in [5, 5.41) is 3.35. The molecule has 1 N–H and O–H groups in total. The maximum absolute atomic E-state index is 14.3. The van der Waals surface area contributed by atoms with Crippen molar-refractivity contribution in [3.63, 3.8) is 0 Å². The number of hydrogen-bond acceptors (Lipinski definition) is 4. The molecule has 0 bridgehead atoms. The lowest BCUT2D eigenvalue weighted by molar-refractivity contribution is 0.0195. The van der Waals surface area contributed by atoms with Gasteiger partial charge in [-0.2, -0.15) is 0 Å². The number of ether oxygens (including phenoxy) is 1. The fourth-order valence-electron chi connectivity index (χ4n) is 4.12. The van der Waals surface area contributed by atoms with E-state index in [1.807, 2.05) is 25.9 Å². The Bertz CT molecular complexity index is 673. The van der Waals surface area contributed by atoms with Crippen molar-refractivity contribution in [3.8, 4) is 0 Å². The molecule has 0 aromatic heterocycles. The molecular weight excluding hydrogens is 376 g/mol. The molecule has 3 rings (SSSR count). The molecule has 1 aromatic rings. The minimum Gasteiger partial charge on any atom is -0.379 e. The smallest absolute Gasteiger partial charge is 0.194 e. The first-order valence-corrected chi connectivity index (χ1v) is 10.5. The van der Waals surface area contributed by atoms with Gasteiger partial charge in [0.1, 0.15) is 11.6 Å². The molecule has 2 unspecified atom stereocenters. The van der Waals surface area contributed by atoms with Crippen LogP contribution in [0.25, 0.3) is 0 Å². The molecule has 8 heteroatoms. The molecule has 0 amide bonds. The molecule has 2 saturated heterocycles. The highest BCUT2D eigenvalue weighted by atomic mass is 19.1. The largest absolute Gasteiger partial charge is 0.379 e. The van der Waals surface area contributed by atoms with Crippen molar-refractivity contribution in [2.45, 2.75) is 25.4 Å². The summed E-state index contributed by atoms with van der Waals surface area (Å²) < 4.78 is 34.1. The predicted octanol–water partition coefficient (Wildman–Crippen LogP) is 1.94. The van der Waals surface area contributed by atoms with Crippen molar-refractivity contribution >= 4 is 5.96 Å². The average molecular weight is 410 g/mol. The van der Waals surface area contributed by atoms with Crippen molar-refractivity contribution in [1.82, 2.24) is 20.0 Å². The predicted molar refractivity (Wildman–Crippen MR) is 111 cm³/mol. The monoisotopic (exact) mass is 409 g/mol. The Hall–Kier alpha value is -1.77. The minimum atomic E-state index is -0.530. The third-order valence-corrected chi connectivity index (χ3v) is 5.73. The maximum Gasteiger partial charge on any atom is 0.194 e. The zero-order valence-electron chi connectivity index (χ0n) is 17.7. The van der Waals surface area contributed by atoms with Gasteiger partial charge in [-0.1, -0.05) is 6.07 Å². The summed E-state index contributed by atoms with van der Waals surface area (Å²) in [7, 11) is 3.65. The summed E-state index contributed by atoms with van der Waals surface area (Å²) >= 11 is 0. The number of benzene rings is 1. The number of rotatable bonds is 6. The van der Waals surface area contributed by atoms with Crippen molar-refractivity contribution < 1.29 is 13.5 Å². The van der Waals surface area contributed by atoms with E-state index in [2.05, 4.69) is 15.1 Å². The first-order valence-electron chi connectivity index (χ1n) is 10.5. The first-order chi connectivity index (χ1) is 14.0. The Kier molecular flexibility index (Phi) is 7.80. The standard InChI is InChI=1S/C21H33F2N5O/c1-4-24-21(28-9-8-16(15-28)27-10-12-29-13-11-27)25-14-19(26(2)3)20-17(22)6-5-7-18(20)23/h5-7,16,19H,4,8-15H2,1-3H3,(H,24,25). The molecule has 2 aliphatic heterocycles. The van der Waals surface area contributed by atoms with Crippen LogP contribution in [0.4, 0.5) is 8.78 Å². The zero-order chi connectivity index (χ0) is 20.8. The molecule has 2 fully saturated rings. The number of likely N-dealkylation sites (N-methyl/N-ethyl adjacent to an activating group) is 1. The lowest BCUT2D eigenvalue weighted by Gasteiger charge is -2.32. The molecule has 162 valence electrons. The third-order valence-electron chi connectivity index (χ3n) is 5.73. The normalized spacial score (nSPS) is 22.3. The molecule has 29 heavy (non-hydrogen) atoms. The van der Waals surface area contributed by atoms with Crippen LogP contribution in [0.3, 0.4) is 0 Å². The van der Waals surface area contributed by atoms with Gasteiger partial charge in [-0.25, -0.2) is 8.78 Å². The first kappa shape index (κ1) is 21.9. The number of hydrogen-bond donors (Lipinski definition) is 1. The van der Waals surface area contributed by atoms with E-state index < -0.39 is 17.7 Å². The fraction of sp³-hybridized carbons (Fsp3) is 0.667. The van der Waals surface area contributed by atoms with E-state index in [0.29, 0.717) is 6.04 Å². The van der Waals surface area contributed by atoms with Crippen LogP contribution in [0.5, 0.6) is 0 Å². The SMILES string of the molecule is CCNC(=NCC(c1c(F)cccc1F)N(C)C)N1CCC(N2CCOCC2)C1. The average Bonchev–Trinajstić information content (AvgIpc) is 3.19. The van der Waals surface area contributed by atoms with Gasteiger partial charge < -0.3 is 19.9 Å². The molecular formula is C21H33F2N5O. The summed E-state index contributed by atoms with van der Waals surface area (Å²) in [6, 6.07) is 4.03. The number of guanidine groups is 1. The number of nitrogens with one attached hydrogen (secondary N) is 1. The van der Waals surface area contributed by atoms with Crippen LogP contribution in [-0.2, 0) is 4.74 Å². The van der Waals surface area contributed by atoms with E-state index in [1.54, 1.807) is 0 Å². The number of likely N-dealkylation sites (tertiary alicyclic amines) is 1. The van der Waals surface area contributed by atoms with Crippen LogP contribution >= 0.6 is 0 Å². The van der Waals surface area contributed by atoms with Crippen LogP contribution in [-0.4, -0.2) is 93.3 Å². The summed E-state index contributed by atoms with van der Waals surface area (Å²) in [6.45, 7) is 8.44. The van der Waals surface area contributed by atoms with Gasteiger partial charge in [0.2, 0.25) is 0 Å². The van der Waals surface area contributed by atoms with E-state index in [4.69, 9.17) is 9.73 Å². The number of halogens is 2. The van der Waals surface area contributed by atoms with Gasteiger partial charge in [-0.05, 0) is 39.6 Å². The van der Waals surface area contributed by atoms with Crippen molar-refractivity contribution in [2.24, 2.45) is 4.99 Å². The Morgan fingerprint density at radius 1 is 1.24 bits per heavy atom. The molecule has 0 saturated carbocycles. The molecule has 6 nitrogen and oxygen atoms in total. The van der Waals surface area contributed by atoms with Gasteiger partial charge in [0, 0.05) is 44.3 Å². The Morgan fingerprint density at radius 2 is 1.93 bits per heavy atom. The molecule has 2 heterocycles. The second-order valence-corrected chi connectivity index (χ2v) is 7.85. The summed E-state index contributed by atoms with van der Waals surface area (Å²) in [4.78, 5) is 11.3. The van der Waals surface area contributed by atoms with Crippen LogP contribution in [0.1, 0.15) is 24.9 Å². The second-order valence-electron chi connectivity index (χ2n) is 7.85. The molecule has 0 spiro atoms. The fourth-order valence-corrected chi connectivity index (χ4v) is 4.12. The molecule has 2 atom stereocenters. The van der Waals surface area contributed by atoms with Gasteiger partial charge >= 0.3 is 0 Å². The minimum absolute atomic E-state index is 0.0738. The molecule has 0 aliphatic carbocycles. The number of morpholine rings is 1. The number of aliphatic imine (C=N–C) groups is 1. The molecule has 1 aromatic carbocycles. The van der Waals surface area contributed by atoms with Crippen LogP contribution in [0.2, 0.25) is 0 Å². The van der Waals surface area contributed by atoms with Crippen molar-refractivity contribution in [1.29, 1.82) is 0 Å². The Morgan fingerprint density at radius 3 is 2.55 bits per heavy atom. The molecule has 0 radical (unpaired) electrons. The van der Waals surface area contributed by atoms with Gasteiger partial charge in [0.05, 0.1) is 25.8 Å². The van der Waals surface area contributed by atoms with E-state index in [1.165, 1.54) is 18.2 Å². The highest BCUT2D eigenvalue weighted by Crippen LogP contribution is 2.25. The lowest BCUT2D eigenvalue weighted by Crippen LogP contribution is -2.46. The van der Waals surface area contributed by atoms with Gasteiger partial charge in [-0.15, -0.1) is 0 Å². The van der Waals surface area contributed by atoms with Gasteiger partial charge in [0.15, 0.2) is 5.96 Å². The lowest BCUT2D eigenvalue weighted by atomic mass is 10.0. The molecule has 2 aliphatic rings. The third kappa shape index (κ3) is 5.43. The summed E-state index contributed by atoms with van der Waals surface area (Å²) in [6.07, 6.45) is 1.09.